The average Bonchev–Trinajstić information content (AvgIpc) is 2.34. The van der Waals surface area contributed by atoms with Crippen LogP contribution in [0.4, 0.5) is 0 Å². The monoisotopic (exact) mass is 216 g/mol. The smallest absolute Gasteiger partial charge is 0.0717 e. The molecule has 0 bridgehead atoms. The molecule has 1 aromatic heterocycles. The van der Waals surface area contributed by atoms with Crippen LogP contribution in [-0.2, 0) is 11.3 Å². The first kappa shape index (κ1) is 11.0. The number of pyridine rings is 1. The minimum Gasteiger partial charge on any atom is -0.377 e. The summed E-state index contributed by atoms with van der Waals surface area (Å²) in [5, 5.41) is 1.16. The molecule has 0 atom stereocenters. The minimum atomic E-state index is 0.644. The van der Waals surface area contributed by atoms with Crippen molar-refractivity contribution >= 4 is 10.9 Å². The van der Waals surface area contributed by atoms with E-state index in [0.29, 0.717) is 13.2 Å². The molecule has 0 amide bonds. The fraction of sp³-hybridized carbons (Fsp3) is 0.308. The predicted octanol–water partition coefficient (Wildman–Crippen LogP) is 2.10. The molecule has 0 radical (unpaired) electrons. The van der Waals surface area contributed by atoms with Crippen molar-refractivity contribution in [2.24, 2.45) is 5.73 Å². The van der Waals surface area contributed by atoms with Gasteiger partial charge in [-0.15, -0.1) is 0 Å². The number of aromatic nitrogens is 1. The molecular weight excluding hydrogens is 200 g/mol. The third kappa shape index (κ3) is 2.78. The van der Waals surface area contributed by atoms with Gasteiger partial charge in [0, 0.05) is 18.2 Å². The lowest BCUT2D eigenvalue weighted by atomic mass is 10.1. The van der Waals surface area contributed by atoms with Gasteiger partial charge in [0.15, 0.2) is 0 Å². The number of nitrogens with zero attached hydrogens (tertiary/aromatic N) is 1. The highest BCUT2D eigenvalue weighted by Crippen LogP contribution is 2.13. The molecular formula is C13H16N2O. The summed E-state index contributed by atoms with van der Waals surface area (Å²) in [6.07, 6.45) is 2.72. The molecule has 16 heavy (non-hydrogen) atoms. The maximum atomic E-state index is 5.51. The molecule has 0 aliphatic heterocycles. The first-order chi connectivity index (χ1) is 7.90. The Morgan fingerprint density at radius 3 is 3.06 bits per heavy atom. The molecule has 2 N–H and O–H groups in total. The van der Waals surface area contributed by atoms with Gasteiger partial charge >= 0.3 is 0 Å². The van der Waals surface area contributed by atoms with Crippen LogP contribution < -0.4 is 5.73 Å². The molecule has 1 aromatic carbocycles. The molecule has 1 heterocycles. The first-order valence-electron chi connectivity index (χ1n) is 5.51. The molecule has 0 spiro atoms. The van der Waals surface area contributed by atoms with Crippen LogP contribution in [0.15, 0.2) is 36.5 Å². The summed E-state index contributed by atoms with van der Waals surface area (Å²) in [5.41, 5.74) is 7.59. The largest absolute Gasteiger partial charge is 0.377 e. The van der Waals surface area contributed by atoms with Gasteiger partial charge < -0.3 is 10.5 Å². The van der Waals surface area contributed by atoms with E-state index in [2.05, 4.69) is 23.2 Å². The molecule has 3 heteroatoms. The molecule has 0 saturated carbocycles. The van der Waals surface area contributed by atoms with Gasteiger partial charge in [0.25, 0.3) is 0 Å². The third-order valence-electron chi connectivity index (χ3n) is 2.43. The first-order valence-corrected chi connectivity index (χ1v) is 5.51. The van der Waals surface area contributed by atoms with E-state index in [1.165, 1.54) is 5.56 Å². The topological polar surface area (TPSA) is 48.1 Å². The van der Waals surface area contributed by atoms with Crippen LogP contribution in [0.3, 0.4) is 0 Å². The molecule has 84 valence electrons. The van der Waals surface area contributed by atoms with E-state index < -0.39 is 0 Å². The maximum Gasteiger partial charge on any atom is 0.0717 e. The lowest BCUT2D eigenvalue weighted by molar-refractivity contribution is 0.120. The average molecular weight is 216 g/mol. The summed E-state index contributed by atoms with van der Waals surface area (Å²) < 4.78 is 5.51. The normalized spacial score (nSPS) is 10.8. The highest BCUT2D eigenvalue weighted by atomic mass is 16.5. The number of hydrogen-bond donors (Lipinski definition) is 1. The van der Waals surface area contributed by atoms with Crippen molar-refractivity contribution in [3.63, 3.8) is 0 Å². The maximum absolute atomic E-state index is 5.51. The van der Waals surface area contributed by atoms with Crippen molar-refractivity contribution in [2.75, 3.05) is 13.2 Å². The fourth-order valence-corrected chi connectivity index (χ4v) is 1.59. The van der Waals surface area contributed by atoms with Crippen LogP contribution in [0.1, 0.15) is 12.0 Å². The van der Waals surface area contributed by atoms with Gasteiger partial charge in [-0.3, -0.25) is 4.98 Å². The molecule has 0 aliphatic rings. The summed E-state index contributed by atoms with van der Waals surface area (Å²) in [7, 11) is 0. The van der Waals surface area contributed by atoms with E-state index in [4.69, 9.17) is 10.5 Å². The van der Waals surface area contributed by atoms with Gasteiger partial charge in [-0.2, -0.15) is 0 Å². The Bertz CT molecular complexity index is 456. The Balaban J connectivity index is 2.02. The lowest BCUT2D eigenvalue weighted by Gasteiger charge is -2.04. The van der Waals surface area contributed by atoms with Crippen molar-refractivity contribution in [1.29, 1.82) is 0 Å². The molecule has 0 unspecified atom stereocenters. The molecule has 0 fully saturated rings. The molecule has 0 aliphatic carbocycles. The van der Waals surface area contributed by atoms with Gasteiger partial charge in [-0.25, -0.2) is 0 Å². The number of benzene rings is 1. The second-order valence-electron chi connectivity index (χ2n) is 3.73. The summed E-state index contributed by atoms with van der Waals surface area (Å²) >= 11 is 0. The van der Waals surface area contributed by atoms with Crippen LogP contribution in [0.25, 0.3) is 10.9 Å². The number of rotatable bonds is 5. The Labute approximate surface area is 95.2 Å². The van der Waals surface area contributed by atoms with Crippen LogP contribution >= 0.6 is 0 Å². The van der Waals surface area contributed by atoms with Crippen molar-refractivity contribution in [3.05, 3.63) is 42.1 Å². The Hall–Kier alpha value is -1.45. The standard InChI is InChI=1S/C13H16N2O/c14-6-2-8-16-10-11-4-5-13-12(9-11)3-1-7-15-13/h1,3-5,7,9H,2,6,8,10,14H2. The fourth-order valence-electron chi connectivity index (χ4n) is 1.59. The van der Waals surface area contributed by atoms with E-state index in [0.717, 1.165) is 23.9 Å². The summed E-state index contributed by atoms with van der Waals surface area (Å²) in [6, 6.07) is 10.2. The van der Waals surface area contributed by atoms with E-state index in [1.54, 1.807) is 6.20 Å². The zero-order chi connectivity index (χ0) is 11.2. The molecule has 2 aromatic rings. The number of fused-ring (bicyclic) bond motifs is 1. The zero-order valence-corrected chi connectivity index (χ0v) is 9.23. The van der Waals surface area contributed by atoms with Crippen LogP contribution in [0.5, 0.6) is 0 Å². The van der Waals surface area contributed by atoms with Gasteiger partial charge in [0.2, 0.25) is 0 Å². The number of nitrogens with two attached hydrogens (primary N) is 1. The number of ether oxygens (including phenoxy) is 1. The third-order valence-corrected chi connectivity index (χ3v) is 2.43. The Morgan fingerprint density at radius 1 is 1.25 bits per heavy atom. The molecule has 2 rings (SSSR count). The van der Waals surface area contributed by atoms with Gasteiger partial charge in [0.1, 0.15) is 0 Å². The quantitative estimate of drug-likeness (QED) is 0.779. The van der Waals surface area contributed by atoms with Crippen molar-refractivity contribution < 1.29 is 4.74 Å². The van der Waals surface area contributed by atoms with E-state index >= 15 is 0 Å². The van der Waals surface area contributed by atoms with Gasteiger partial charge in [-0.05, 0) is 36.7 Å². The number of hydrogen-bond acceptors (Lipinski definition) is 3. The SMILES string of the molecule is NCCCOCc1ccc2ncccc2c1. The van der Waals surface area contributed by atoms with Gasteiger partial charge in [0.05, 0.1) is 12.1 Å². The molecule has 3 nitrogen and oxygen atoms in total. The van der Waals surface area contributed by atoms with Crippen LogP contribution in [0, 0.1) is 0 Å². The van der Waals surface area contributed by atoms with Crippen molar-refractivity contribution in [2.45, 2.75) is 13.0 Å². The van der Waals surface area contributed by atoms with Crippen molar-refractivity contribution in [3.8, 4) is 0 Å². The Morgan fingerprint density at radius 2 is 2.19 bits per heavy atom. The van der Waals surface area contributed by atoms with Crippen molar-refractivity contribution in [1.82, 2.24) is 4.98 Å². The van der Waals surface area contributed by atoms with Gasteiger partial charge in [-0.1, -0.05) is 12.1 Å². The highest BCUT2D eigenvalue weighted by molar-refractivity contribution is 5.78. The Kier molecular flexibility index (Phi) is 3.86. The summed E-state index contributed by atoms with van der Waals surface area (Å²) in [6.45, 7) is 2.05. The van der Waals surface area contributed by atoms with Crippen LogP contribution in [-0.4, -0.2) is 18.1 Å². The predicted molar refractivity (Wildman–Crippen MR) is 65.1 cm³/mol. The minimum absolute atomic E-state index is 0.644. The van der Waals surface area contributed by atoms with Crippen LogP contribution in [0.2, 0.25) is 0 Å². The van der Waals surface area contributed by atoms with E-state index in [1.807, 2.05) is 12.1 Å². The second kappa shape index (κ2) is 5.58. The van der Waals surface area contributed by atoms with E-state index in [-0.39, 0.29) is 0 Å². The summed E-state index contributed by atoms with van der Waals surface area (Å²) in [5.74, 6) is 0. The van der Waals surface area contributed by atoms with E-state index in [9.17, 15) is 0 Å². The highest BCUT2D eigenvalue weighted by Gasteiger charge is 1.97. The second-order valence-corrected chi connectivity index (χ2v) is 3.73. The zero-order valence-electron chi connectivity index (χ0n) is 9.23. The molecule has 0 saturated heterocycles. The lowest BCUT2D eigenvalue weighted by Crippen LogP contribution is -2.04. The summed E-state index contributed by atoms with van der Waals surface area (Å²) in [4.78, 5) is 4.27.